The highest BCUT2D eigenvalue weighted by atomic mass is 32.2. The van der Waals surface area contributed by atoms with Gasteiger partial charge in [0.1, 0.15) is 5.82 Å². The van der Waals surface area contributed by atoms with Gasteiger partial charge in [-0.25, -0.2) is 14.8 Å². The summed E-state index contributed by atoms with van der Waals surface area (Å²) in [5.74, 6) is -0.968. The molecule has 1 heterocycles. The Hall–Kier alpha value is -3.63. The summed E-state index contributed by atoms with van der Waals surface area (Å²) in [5.41, 5.74) is 3.76. The number of nitrogens with zero attached hydrogens (tertiary/aromatic N) is 3. The van der Waals surface area contributed by atoms with E-state index in [0.717, 1.165) is 10.2 Å². The quantitative estimate of drug-likeness (QED) is 0.245. The number of fused-ring (bicyclic) bond motifs is 1. The first kappa shape index (κ1) is 20.6. The van der Waals surface area contributed by atoms with E-state index < -0.39 is 16.6 Å². The van der Waals surface area contributed by atoms with Crippen molar-refractivity contribution in [2.75, 3.05) is 0 Å². The first-order chi connectivity index (χ1) is 15.0. The van der Waals surface area contributed by atoms with Crippen molar-refractivity contribution in [1.29, 1.82) is 0 Å². The second kappa shape index (κ2) is 9.02. The molecule has 154 valence electrons. The number of nitro benzene ring substituents is 1. The summed E-state index contributed by atoms with van der Waals surface area (Å²) in [6.07, 6.45) is 1.31. The van der Waals surface area contributed by atoms with Gasteiger partial charge < -0.3 is 0 Å². The Kier molecular flexibility index (Phi) is 6.01. The minimum absolute atomic E-state index is 0.0851. The highest BCUT2D eigenvalue weighted by Gasteiger charge is 2.17. The first-order valence-corrected chi connectivity index (χ1v) is 10.5. The standard InChI is InChI=1S/C21H13FN4O3S2/c22-15-8-6-14(7-9-15)20(27)25-23-12-13-5-10-19(17(11-13)26(28)29)31-21-24-16-3-1-2-4-18(16)30-21/h1-12H,(H,25,27)/b23-12+. The molecule has 0 fully saturated rings. The average molecular weight is 452 g/mol. The van der Waals surface area contributed by atoms with Crippen molar-refractivity contribution < 1.29 is 14.1 Å². The van der Waals surface area contributed by atoms with Gasteiger partial charge in [0.2, 0.25) is 0 Å². The fraction of sp³-hybridized carbons (Fsp3) is 0. The van der Waals surface area contributed by atoms with Gasteiger partial charge in [-0.15, -0.1) is 11.3 Å². The molecule has 0 unspecified atom stereocenters. The average Bonchev–Trinajstić information content (AvgIpc) is 3.17. The van der Waals surface area contributed by atoms with Gasteiger partial charge in [-0.05, 0) is 42.5 Å². The lowest BCUT2D eigenvalue weighted by molar-refractivity contribution is -0.387. The number of benzene rings is 3. The number of aromatic nitrogens is 1. The number of carbonyl (C=O) groups is 1. The van der Waals surface area contributed by atoms with E-state index in [0.29, 0.717) is 14.8 Å². The number of hydrogen-bond donors (Lipinski definition) is 1. The molecule has 0 spiro atoms. The van der Waals surface area contributed by atoms with Crippen LogP contribution in [0.15, 0.2) is 81.1 Å². The Bertz CT molecular complexity index is 1270. The summed E-state index contributed by atoms with van der Waals surface area (Å²) in [7, 11) is 0. The van der Waals surface area contributed by atoms with Crippen molar-refractivity contribution in [3.63, 3.8) is 0 Å². The van der Waals surface area contributed by atoms with Crippen molar-refractivity contribution in [2.24, 2.45) is 5.10 Å². The van der Waals surface area contributed by atoms with E-state index in [1.165, 1.54) is 59.6 Å². The van der Waals surface area contributed by atoms with Crippen LogP contribution in [0.1, 0.15) is 15.9 Å². The van der Waals surface area contributed by atoms with Gasteiger partial charge in [-0.1, -0.05) is 30.0 Å². The zero-order valence-electron chi connectivity index (χ0n) is 15.7. The van der Waals surface area contributed by atoms with Crippen LogP contribution in [0.4, 0.5) is 10.1 Å². The van der Waals surface area contributed by atoms with Gasteiger partial charge in [0.25, 0.3) is 11.6 Å². The molecule has 7 nitrogen and oxygen atoms in total. The molecule has 1 aromatic heterocycles. The molecule has 0 aliphatic rings. The zero-order valence-corrected chi connectivity index (χ0v) is 17.3. The number of carbonyl (C=O) groups excluding carboxylic acids is 1. The lowest BCUT2D eigenvalue weighted by Crippen LogP contribution is -2.17. The third-order valence-corrected chi connectivity index (χ3v) is 6.30. The van der Waals surface area contributed by atoms with Crippen LogP contribution in [0.5, 0.6) is 0 Å². The lowest BCUT2D eigenvalue weighted by atomic mass is 10.2. The molecule has 0 saturated heterocycles. The number of hydrogen-bond acceptors (Lipinski definition) is 7. The maximum atomic E-state index is 12.9. The molecular formula is C21H13FN4O3S2. The Labute approximate surface area is 183 Å². The van der Waals surface area contributed by atoms with Crippen LogP contribution >= 0.6 is 23.1 Å². The van der Waals surface area contributed by atoms with Gasteiger partial charge in [-0.3, -0.25) is 14.9 Å². The summed E-state index contributed by atoms with van der Waals surface area (Å²) in [6.45, 7) is 0. The van der Waals surface area contributed by atoms with Crippen molar-refractivity contribution in [3.8, 4) is 0 Å². The van der Waals surface area contributed by atoms with Gasteiger partial charge in [0.05, 0.1) is 26.3 Å². The molecule has 3 aromatic carbocycles. The zero-order chi connectivity index (χ0) is 21.8. The van der Waals surface area contributed by atoms with E-state index in [2.05, 4.69) is 15.5 Å². The van der Waals surface area contributed by atoms with Crippen molar-refractivity contribution >= 4 is 51.1 Å². The third-order valence-electron chi connectivity index (χ3n) is 4.14. The second-order valence-corrected chi connectivity index (χ2v) is 8.56. The molecule has 0 aliphatic heterocycles. The van der Waals surface area contributed by atoms with Gasteiger partial charge in [-0.2, -0.15) is 5.10 Å². The molecule has 1 N–H and O–H groups in total. The smallest absolute Gasteiger partial charge is 0.267 e. The summed E-state index contributed by atoms with van der Waals surface area (Å²) >= 11 is 2.69. The topological polar surface area (TPSA) is 97.5 Å². The molecule has 0 radical (unpaired) electrons. The van der Waals surface area contributed by atoms with Crippen LogP contribution in [0.25, 0.3) is 10.2 Å². The van der Waals surface area contributed by atoms with Crippen LogP contribution < -0.4 is 5.43 Å². The van der Waals surface area contributed by atoms with E-state index in [1.54, 1.807) is 12.1 Å². The normalized spacial score (nSPS) is 11.1. The largest absolute Gasteiger partial charge is 0.283 e. The third kappa shape index (κ3) is 4.93. The lowest BCUT2D eigenvalue weighted by Gasteiger charge is -2.02. The molecular weight excluding hydrogens is 439 g/mol. The summed E-state index contributed by atoms with van der Waals surface area (Å²) < 4.78 is 14.6. The fourth-order valence-electron chi connectivity index (χ4n) is 2.66. The summed E-state index contributed by atoms with van der Waals surface area (Å²) in [5, 5.41) is 15.4. The molecule has 0 atom stereocenters. The van der Waals surface area contributed by atoms with E-state index in [9.17, 15) is 19.3 Å². The molecule has 0 bridgehead atoms. The fourth-order valence-corrected chi connectivity index (χ4v) is 4.77. The van der Waals surface area contributed by atoms with Crippen molar-refractivity contribution in [3.05, 3.63) is 93.8 Å². The summed E-state index contributed by atoms with van der Waals surface area (Å²) in [4.78, 5) is 28.0. The number of para-hydroxylation sites is 1. The van der Waals surface area contributed by atoms with E-state index in [1.807, 2.05) is 24.3 Å². The molecule has 1 amide bonds. The Morgan fingerprint density at radius 3 is 2.68 bits per heavy atom. The maximum absolute atomic E-state index is 12.9. The number of thiazole rings is 1. The maximum Gasteiger partial charge on any atom is 0.283 e. The Balaban J connectivity index is 1.50. The van der Waals surface area contributed by atoms with Crippen molar-refractivity contribution in [1.82, 2.24) is 10.4 Å². The number of rotatable bonds is 6. The number of nitrogens with one attached hydrogen (secondary N) is 1. The molecule has 0 aliphatic carbocycles. The van der Waals surface area contributed by atoms with Crippen LogP contribution in [0, 0.1) is 15.9 Å². The van der Waals surface area contributed by atoms with E-state index >= 15 is 0 Å². The predicted molar refractivity (Wildman–Crippen MR) is 118 cm³/mol. The van der Waals surface area contributed by atoms with Crippen LogP contribution in [-0.4, -0.2) is 22.0 Å². The number of halogens is 1. The van der Waals surface area contributed by atoms with Crippen molar-refractivity contribution in [2.45, 2.75) is 9.24 Å². The molecule has 4 aromatic rings. The number of nitro groups is 1. The van der Waals surface area contributed by atoms with Gasteiger partial charge in [0.15, 0.2) is 4.34 Å². The van der Waals surface area contributed by atoms with Crippen LogP contribution in [0.2, 0.25) is 0 Å². The molecule has 0 saturated carbocycles. The minimum Gasteiger partial charge on any atom is -0.267 e. The highest BCUT2D eigenvalue weighted by molar-refractivity contribution is 8.01. The molecule has 10 heteroatoms. The van der Waals surface area contributed by atoms with Gasteiger partial charge >= 0.3 is 0 Å². The Morgan fingerprint density at radius 2 is 1.94 bits per heavy atom. The monoisotopic (exact) mass is 452 g/mol. The second-order valence-electron chi connectivity index (χ2n) is 6.24. The number of amides is 1. The predicted octanol–water partition coefficient (Wildman–Crippen LogP) is 5.26. The van der Waals surface area contributed by atoms with Crippen LogP contribution in [0.3, 0.4) is 0 Å². The van der Waals surface area contributed by atoms with E-state index in [-0.39, 0.29) is 11.3 Å². The van der Waals surface area contributed by atoms with Gasteiger partial charge in [0, 0.05) is 17.2 Å². The SMILES string of the molecule is O=C(N/N=C/c1ccc(Sc2nc3ccccc3s2)c([N+](=O)[O-])c1)c1ccc(F)cc1. The Morgan fingerprint density at radius 1 is 1.16 bits per heavy atom. The minimum atomic E-state index is -0.520. The first-order valence-electron chi connectivity index (χ1n) is 8.90. The van der Waals surface area contributed by atoms with E-state index in [4.69, 9.17) is 0 Å². The molecule has 4 rings (SSSR count). The number of hydrazone groups is 1. The summed E-state index contributed by atoms with van der Waals surface area (Å²) in [6, 6.07) is 17.3. The van der Waals surface area contributed by atoms with Crippen LogP contribution in [-0.2, 0) is 0 Å². The highest BCUT2D eigenvalue weighted by Crippen LogP contribution is 2.38. The molecule has 31 heavy (non-hydrogen) atoms.